The molecule has 0 aromatic heterocycles. The van der Waals surface area contributed by atoms with E-state index in [0.717, 1.165) is 19.3 Å². The Morgan fingerprint density at radius 1 is 1.44 bits per heavy atom. The van der Waals surface area contributed by atoms with Crippen LogP contribution in [0.4, 0.5) is 5.69 Å². The maximum atomic E-state index is 12.3. The lowest BCUT2D eigenvalue weighted by molar-refractivity contribution is -0.125. The second-order valence-electron chi connectivity index (χ2n) is 7.03. The number of hydrogen-bond acceptors (Lipinski definition) is 5. The molecule has 2 amide bonds. The highest BCUT2D eigenvalue weighted by atomic mass is 35.5. The number of hydrogen-bond donors (Lipinski definition) is 1. The van der Waals surface area contributed by atoms with E-state index in [1.165, 1.54) is 18.2 Å². The zero-order valence-corrected chi connectivity index (χ0v) is 15.7. The summed E-state index contributed by atoms with van der Waals surface area (Å²) in [7, 11) is 0. The Labute approximate surface area is 162 Å². The first kappa shape index (κ1) is 19.2. The van der Waals surface area contributed by atoms with E-state index in [9.17, 15) is 19.6 Å². The molecule has 1 N–H and O–H groups in total. The van der Waals surface area contributed by atoms with Crippen LogP contribution < -0.4 is 10.2 Å². The molecular formula is C19H20ClN3O4. The van der Waals surface area contributed by atoms with Gasteiger partial charge < -0.3 is 15.0 Å². The van der Waals surface area contributed by atoms with Crippen molar-refractivity contribution in [3.63, 3.8) is 0 Å². The van der Waals surface area contributed by atoms with Gasteiger partial charge in [0.1, 0.15) is 5.54 Å². The van der Waals surface area contributed by atoms with Gasteiger partial charge >= 0.3 is 5.97 Å². The summed E-state index contributed by atoms with van der Waals surface area (Å²) in [5.74, 6) is -1.13. The molecule has 0 radical (unpaired) electrons. The zero-order valence-electron chi connectivity index (χ0n) is 15.0. The van der Waals surface area contributed by atoms with E-state index in [0.29, 0.717) is 23.7 Å². The van der Waals surface area contributed by atoms with Gasteiger partial charge in [-0.15, -0.1) is 0 Å². The molecule has 1 aliphatic heterocycles. The fourth-order valence-electron chi connectivity index (χ4n) is 3.17. The first-order valence-electron chi connectivity index (χ1n) is 8.83. The van der Waals surface area contributed by atoms with Crippen molar-refractivity contribution in [3.05, 3.63) is 28.8 Å². The van der Waals surface area contributed by atoms with E-state index in [2.05, 4.69) is 11.4 Å². The van der Waals surface area contributed by atoms with Crippen LogP contribution in [0, 0.1) is 17.2 Å². The van der Waals surface area contributed by atoms with Crippen molar-refractivity contribution in [1.82, 2.24) is 5.32 Å². The summed E-state index contributed by atoms with van der Waals surface area (Å²) in [6.45, 7) is 1.74. The molecule has 1 saturated carbocycles. The summed E-state index contributed by atoms with van der Waals surface area (Å²) >= 11 is 6.16. The van der Waals surface area contributed by atoms with Crippen molar-refractivity contribution < 1.29 is 19.1 Å². The number of carbonyl (C=O) groups excluding carboxylic acids is 3. The topological polar surface area (TPSA) is 99.5 Å². The van der Waals surface area contributed by atoms with Gasteiger partial charge in [-0.05, 0) is 50.3 Å². The van der Waals surface area contributed by atoms with Crippen molar-refractivity contribution >= 4 is 35.1 Å². The van der Waals surface area contributed by atoms with Gasteiger partial charge in [-0.3, -0.25) is 9.59 Å². The normalized spacial score (nSPS) is 18.6. The lowest BCUT2D eigenvalue weighted by atomic mass is 9.98. The van der Waals surface area contributed by atoms with E-state index >= 15 is 0 Å². The number of nitrogens with zero attached hydrogens (tertiary/aromatic N) is 2. The maximum Gasteiger partial charge on any atom is 0.338 e. The SMILES string of the molecule is C[C@@](C#N)(NC(=O)COC(=O)c1ccc(Cl)c(N2CCCC2=O)c1)C1CC1. The van der Waals surface area contributed by atoms with Gasteiger partial charge in [0.15, 0.2) is 6.61 Å². The average Bonchev–Trinajstić information content (AvgIpc) is 3.43. The Balaban J connectivity index is 1.62. The lowest BCUT2D eigenvalue weighted by Gasteiger charge is -2.22. The first-order chi connectivity index (χ1) is 12.8. The second kappa shape index (κ2) is 7.57. The lowest BCUT2D eigenvalue weighted by Crippen LogP contribution is -2.48. The average molecular weight is 390 g/mol. The van der Waals surface area contributed by atoms with Gasteiger partial charge in [0.05, 0.1) is 22.3 Å². The van der Waals surface area contributed by atoms with Gasteiger partial charge in [-0.25, -0.2) is 4.79 Å². The molecule has 0 bridgehead atoms. The van der Waals surface area contributed by atoms with E-state index in [4.69, 9.17) is 16.3 Å². The minimum absolute atomic E-state index is 0.0438. The van der Waals surface area contributed by atoms with Crippen molar-refractivity contribution in [2.24, 2.45) is 5.92 Å². The third-order valence-electron chi connectivity index (χ3n) is 4.91. The van der Waals surface area contributed by atoms with Crippen LogP contribution in [0.5, 0.6) is 0 Å². The predicted molar refractivity (Wildman–Crippen MR) is 98.2 cm³/mol. The first-order valence-corrected chi connectivity index (χ1v) is 9.21. The molecule has 1 aliphatic carbocycles. The monoisotopic (exact) mass is 389 g/mol. The minimum atomic E-state index is -0.937. The Kier molecular flexibility index (Phi) is 5.38. The van der Waals surface area contributed by atoms with Crippen LogP contribution in [-0.4, -0.2) is 36.5 Å². The molecular weight excluding hydrogens is 370 g/mol. The molecule has 8 heteroatoms. The quantitative estimate of drug-likeness (QED) is 0.753. The van der Waals surface area contributed by atoms with Crippen molar-refractivity contribution in [2.75, 3.05) is 18.1 Å². The number of halogens is 1. The predicted octanol–water partition coefficient (Wildman–Crippen LogP) is 2.43. The van der Waals surface area contributed by atoms with Crippen LogP contribution >= 0.6 is 11.6 Å². The number of benzene rings is 1. The van der Waals surface area contributed by atoms with Crippen LogP contribution in [0.25, 0.3) is 0 Å². The highest BCUT2D eigenvalue weighted by Gasteiger charge is 2.43. The van der Waals surface area contributed by atoms with Crippen LogP contribution in [0.15, 0.2) is 18.2 Å². The molecule has 1 aromatic rings. The fraction of sp³-hybridized carbons (Fsp3) is 0.474. The van der Waals surface area contributed by atoms with E-state index in [-0.39, 0.29) is 17.4 Å². The van der Waals surface area contributed by atoms with Gasteiger partial charge in [0.25, 0.3) is 5.91 Å². The van der Waals surface area contributed by atoms with Crippen LogP contribution in [0.2, 0.25) is 5.02 Å². The number of amides is 2. The van der Waals surface area contributed by atoms with Gasteiger partial charge in [0, 0.05) is 13.0 Å². The minimum Gasteiger partial charge on any atom is -0.452 e. The summed E-state index contributed by atoms with van der Waals surface area (Å²) < 4.78 is 5.06. The molecule has 1 atom stereocenters. The smallest absolute Gasteiger partial charge is 0.338 e. The van der Waals surface area contributed by atoms with E-state index < -0.39 is 24.0 Å². The molecule has 1 heterocycles. The van der Waals surface area contributed by atoms with Gasteiger partial charge in [-0.1, -0.05) is 11.6 Å². The Hall–Kier alpha value is -2.59. The summed E-state index contributed by atoms with van der Waals surface area (Å²) in [4.78, 5) is 37.8. The third kappa shape index (κ3) is 4.22. The van der Waals surface area contributed by atoms with Crippen LogP contribution in [0.3, 0.4) is 0 Å². The molecule has 142 valence electrons. The maximum absolute atomic E-state index is 12.3. The Bertz CT molecular complexity index is 831. The van der Waals surface area contributed by atoms with Crippen molar-refractivity contribution in [1.29, 1.82) is 5.26 Å². The molecule has 1 aromatic carbocycles. The van der Waals surface area contributed by atoms with E-state index in [1.54, 1.807) is 11.8 Å². The number of ether oxygens (including phenoxy) is 1. The molecule has 2 fully saturated rings. The van der Waals surface area contributed by atoms with Crippen LogP contribution in [-0.2, 0) is 14.3 Å². The number of esters is 1. The molecule has 7 nitrogen and oxygen atoms in total. The number of nitriles is 1. The summed E-state index contributed by atoms with van der Waals surface area (Å²) in [5, 5.41) is 12.3. The largest absolute Gasteiger partial charge is 0.452 e. The van der Waals surface area contributed by atoms with E-state index in [1.807, 2.05) is 0 Å². The summed E-state index contributed by atoms with van der Waals surface area (Å²) in [6.07, 6.45) is 2.98. The van der Waals surface area contributed by atoms with Crippen molar-refractivity contribution in [2.45, 2.75) is 38.1 Å². The third-order valence-corrected chi connectivity index (χ3v) is 5.23. The summed E-state index contributed by atoms with van der Waals surface area (Å²) in [6, 6.07) is 6.62. The Morgan fingerprint density at radius 2 is 2.19 bits per heavy atom. The number of carbonyl (C=O) groups is 3. The standard InChI is InChI=1S/C19H20ClN3O4/c1-19(11-21,13-5-6-13)22-16(24)10-27-18(26)12-4-7-14(20)15(9-12)23-8-2-3-17(23)25/h4,7,9,13H,2-3,5-6,8,10H2,1H3,(H,22,24)/t19-/m0/s1. The molecule has 27 heavy (non-hydrogen) atoms. The van der Waals surface area contributed by atoms with Crippen molar-refractivity contribution in [3.8, 4) is 6.07 Å². The zero-order chi connectivity index (χ0) is 19.6. The highest BCUT2D eigenvalue weighted by Crippen LogP contribution is 2.39. The molecule has 1 saturated heterocycles. The Morgan fingerprint density at radius 3 is 2.78 bits per heavy atom. The highest BCUT2D eigenvalue weighted by molar-refractivity contribution is 6.34. The number of rotatable bonds is 6. The molecule has 0 unspecified atom stereocenters. The fourth-order valence-corrected chi connectivity index (χ4v) is 3.39. The summed E-state index contributed by atoms with van der Waals surface area (Å²) in [5.41, 5.74) is -0.274. The molecule has 2 aliphatic rings. The molecule has 0 spiro atoms. The second-order valence-corrected chi connectivity index (χ2v) is 7.44. The number of nitrogens with one attached hydrogen (secondary N) is 1. The van der Waals surface area contributed by atoms with Gasteiger partial charge in [-0.2, -0.15) is 5.26 Å². The number of anilines is 1. The van der Waals surface area contributed by atoms with Gasteiger partial charge in [0.2, 0.25) is 5.91 Å². The van der Waals surface area contributed by atoms with Crippen LogP contribution in [0.1, 0.15) is 43.0 Å². The molecule has 3 rings (SSSR count).